The minimum absolute atomic E-state index is 0.127. The van der Waals surface area contributed by atoms with Crippen LogP contribution in [0.1, 0.15) is 17.5 Å². The first-order chi connectivity index (χ1) is 10.1. The van der Waals surface area contributed by atoms with Crippen LogP contribution in [0.5, 0.6) is 0 Å². The fourth-order valence-electron chi connectivity index (χ4n) is 2.02. The molecule has 0 spiro atoms. The first-order valence-corrected chi connectivity index (χ1v) is 6.96. The summed E-state index contributed by atoms with van der Waals surface area (Å²) >= 11 is 0. The van der Waals surface area contributed by atoms with Crippen molar-refractivity contribution in [3.05, 3.63) is 65.5 Å². The molecule has 0 bridgehead atoms. The summed E-state index contributed by atoms with van der Waals surface area (Å²) in [6.07, 6.45) is 0.350. The Kier molecular flexibility index (Phi) is 5.46. The van der Waals surface area contributed by atoms with Crippen LogP contribution in [0, 0.1) is 12.7 Å². The van der Waals surface area contributed by atoms with E-state index in [1.54, 1.807) is 12.1 Å². The van der Waals surface area contributed by atoms with Crippen LogP contribution >= 0.6 is 0 Å². The molecule has 0 radical (unpaired) electrons. The molecule has 0 aromatic heterocycles. The quantitative estimate of drug-likeness (QED) is 0.800. The first-order valence-electron chi connectivity index (χ1n) is 6.96. The Morgan fingerprint density at radius 1 is 1.14 bits per heavy atom. The fraction of sp³-hybridized carbons (Fsp3) is 0.235. The Bertz CT molecular complexity index is 613. The highest BCUT2D eigenvalue weighted by Crippen LogP contribution is 2.09. The highest BCUT2D eigenvalue weighted by Gasteiger charge is 2.03. The van der Waals surface area contributed by atoms with Gasteiger partial charge in [0.25, 0.3) is 0 Å². The van der Waals surface area contributed by atoms with Gasteiger partial charge in [0.15, 0.2) is 0 Å². The van der Waals surface area contributed by atoms with Crippen molar-refractivity contribution in [2.45, 2.75) is 19.9 Å². The Morgan fingerprint density at radius 3 is 2.71 bits per heavy atom. The second-order valence-electron chi connectivity index (χ2n) is 4.91. The van der Waals surface area contributed by atoms with Gasteiger partial charge < -0.3 is 10.6 Å². The van der Waals surface area contributed by atoms with Gasteiger partial charge in [0.1, 0.15) is 5.82 Å². The normalized spacial score (nSPS) is 10.4. The van der Waals surface area contributed by atoms with E-state index in [4.69, 9.17) is 0 Å². The molecule has 2 rings (SSSR count). The molecule has 2 N–H and O–H groups in total. The number of aryl methyl sites for hydroxylation is 1. The van der Waals surface area contributed by atoms with E-state index in [-0.39, 0.29) is 11.7 Å². The van der Waals surface area contributed by atoms with E-state index in [0.29, 0.717) is 18.7 Å². The van der Waals surface area contributed by atoms with Crippen molar-refractivity contribution in [3.63, 3.8) is 0 Å². The lowest BCUT2D eigenvalue weighted by molar-refractivity contribution is -0.116. The molecule has 1 amide bonds. The number of carbonyl (C=O) groups excluding carboxylic acids is 1. The maximum absolute atomic E-state index is 13.0. The molecule has 3 nitrogen and oxygen atoms in total. The summed E-state index contributed by atoms with van der Waals surface area (Å²) in [6, 6.07) is 14.0. The maximum Gasteiger partial charge on any atom is 0.225 e. The molecule has 0 aliphatic carbocycles. The van der Waals surface area contributed by atoms with Crippen molar-refractivity contribution in [2.24, 2.45) is 0 Å². The van der Waals surface area contributed by atoms with E-state index < -0.39 is 0 Å². The van der Waals surface area contributed by atoms with Crippen molar-refractivity contribution in [3.8, 4) is 0 Å². The number of carbonyl (C=O) groups is 1. The van der Waals surface area contributed by atoms with Crippen molar-refractivity contribution < 1.29 is 9.18 Å². The Labute approximate surface area is 124 Å². The lowest BCUT2D eigenvalue weighted by Gasteiger charge is -2.08. The third kappa shape index (κ3) is 5.00. The summed E-state index contributed by atoms with van der Waals surface area (Å²) in [7, 11) is 0. The van der Waals surface area contributed by atoms with Crippen molar-refractivity contribution in [1.82, 2.24) is 5.32 Å². The molecule has 2 aromatic carbocycles. The zero-order chi connectivity index (χ0) is 15.1. The van der Waals surface area contributed by atoms with Crippen molar-refractivity contribution in [1.29, 1.82) is 0 Å². The molecule has 0 fully saturated rings. The summed E-state index contributed by atoms with van der Waals surface area (Å²) in [4.78, 5) is 11.7. The smallest absolute Gasteiger partial charge is 0.225 e. The molecular weight excluding hydrogens is 267 g/mol. The van der Waals surface area contributed by atoms with Crippen LogP contribution in [-0.2, 0) is 11.3 Å². The molecule has 0 heterocycles. The van der Waals surface area contributed by atoms with Gasteiger partial charge in [-0.2, -0.15) is 0 Å². The highest BCUT2D eigenvalue weighted by atomic mass is 19.1. The van der Waals surface area contributed by atoms with Gasteiger partial charge in [-0.25, -0.2) is 4.39 Å². The van der Waals surface area contributed by atoms with Crippen LogP contribution in [0.4, 0.5) is 10.1 Å². The number of amides is 1. The molecular formula is C17H19FN2O. The van der Waals surface area contributed by atoms with Crippen LogP contribution in [0.25, 0.3) is 0 Å². The van der Waals surface area contributed by atoms with E-state index in [2.05, 4.69) is 29.7 Å². The Hall–Kier alpha value is -2.20. The van der Waals surface area contributed by atoms with Gasteiger partial charge in [-0.1, -0.05) is 30.3 Å². The number of nitrogens with one attached hydrogen (secondary N) is 2. The van der Waals surface area contributed by atoms with Gasteiger partial charge in [-0.15, -0.1) is 0 Å². The zero-order valence-corrected chi connectivity index (χ0v) is 12.0. The largest absolute Gasteiger partial charge is 0.326 e. The second-order valence-corrected chi connectivity index (χ2v) is 4.91. The number of rotatable bonds is 6. The first kappa shape index (κ1) is 15.2. The van der Waals surface area contributed by atoms with Crippen LogP contribution < -0.4 is 10.6 Å². The van der Waals surface area contributed by atoms with Crippen molar-refractivity contribution in [2.75, 3.05) is 11.9 Å². The van der Waals surface area contributed by atoms with Gasteiger partial charge in [0.2, 0.25) is 5.91 Å². The number of hydrogen-bond acceptors (Lipinski definition) is 2. The van der Waals surface area contributed by atoms with Gasteiger partial charge in [-0.3, -0.25) is 4.79 Å². The average molecular weight is 286 g/mol. The third-order valence-corrected chi connectivity index (χ3v) is 3.21. The summed E-state index contributed by atoms with van der Waals surface area (Å²) < 4.78 is 13.0. The van der Waals surface area contributed by atoms with Crippen LogP contribution in [-0.4, -0.2) is 12.5 Å². The fourth-order valence-corrected chi connectivity index (χ4v) is 2.02. The minimum atomic E-state index is -0.356. The van der Waals surface area contributed by atoms with Gasteiger partial charge in [0.05, 0.1) is 0 Å². The maximum atomic E-state index is 13.0. The zero-order valence-electron chi connectivity index (χ0n) is 12.0. The molecule has 2 aromatic rings. The average Bonchev–Trinajstić information content (AvgIpc) is 2.45. The molecule has 0 aliphatic rings. The molecule has 0 aliphatic heterocycles. The molecule has 110 valence electrons. The predicted octanol–water partition coefficient (Wildman–Crippen LogP) is 3.25. The summed E-state index contributed by atoms with van der Waals surface area (Å²) in [5.74, 6) is -0.483. The van der Waals surface area contributed by atoms with Crippen LogP contribution in [0.3, 0.4) is 0 Å². The monoisotopic (exact) mass is 286 g/mol. The molecule has 0 unspecified atom stereocenters. The summed E-state index contributed by atoms with van der Waals surface area (Å²) in [5.41, 5.74) is 2.94. The predicted molar refractivity (Wildman–Crippen MR) is 82.5 cm³/mol. The Balaban J connectivity index is 1.71. The topological polar surface area (TPSA) is 41.1 Å². The standard InChI is InChI=1S/C17H19FN2O/c1-13-5-2-3-6-14(13)12-19-10-9-17(21)20-16-8-4-7-15(18)11-16/h2-8,11,19H,9-10,12H2,1H3,(H,20,21). The van der Waals surface area contributed by atoms with E-state index in [1.165, 1.54) is 23.3 Å². The van der Waals surface area contributed by atoms with E-state index >= 15 is 0 Å². The SMILES string of the molecule is Cc1ccccc1CNCCC(=O)Nc1cccc(F)c1. The second kappa shape index (κ2) is 7.55. The van der Waals surface area contributed by atoms with Crippen LogP contribution in [0.2, 0.25) is 0 Å². The lowest BCUT2D eigenvalue weighted by Crippen LogP contribution is -2.21. The molecule has 21 heavy (non-hydrogen) atoms. The summed E-state index contributed by atoms with van der Waals surface area (Å²) in [5, 5.41) is 5.91. The van der Waals surface area contributed by atoms with Gasteiger partial charge in [0, 0.05) is 25.2 Å². The Morgan fingerprint density at radius 2 is 1.95 bits per heavy atom. The number of anilines is 1. The number of halogens is 1. The van der Waals surface area contributed by atoms with E-state index in [1.807, 2.05) is 12.1 Å². The van der Waals surface area contributed by atoms with Gasteiger partial charge in [-0.05, 0) is 36.2 Å². The summed E-state index contributed by atoms with van der Waals surface area (Å²) in [6.45, 7) is 3.38. The minimum Gasteiger partial charge on any atom is -0.326 e. The molecule has 0 saturated carbocycles. The lowest BCUT2D eigenvalue weighted by atomic mass is 10.1. The molecule has 4 heteroatoms. The van der Waals surface area contributed by atoms with E-state index in [0.717, 1.165) is 6.54 Å². The number of benzene rings is 2. The molecule has 0 atom stereocenters. The highest BCUT2D eigenvalue weighted by molar-refractivity contribution is 5.90. The van der Waals surface area contributed by atoms with Gasteiger partial charge >= 0.3 is 0 Å². The number of hydrogen-bond donors (Lipinski definition) is 2. The van der Waals surface area contributed by atoms with E-state index in [9.17, 15) is 9.18 Å². The van der Waals surface area contributed by atoms with Crippen molar-refractivity contribution >= 4 is 11.6 Å². The molecule has 0 saturated heterocycles. The van der Waals surface area contributed by atoms with Crippen LogP contribution in [0.15, 0.2) is 48.5 Å². The third-order valence-electron chi connectivity index (χ3n) is 3.21.